The van der Waals surface area contributed by atoms with Crippen LogP contribution in [-0.4, -0.2) is 39.6 Å². The minimum atomic E-state index is -3.92. The number of halogens is 1. The molecule has 0 aromatic heterocycles. The van der Waals surface area contributed by atoms with Crippen LogP contribution in [0.2, 0.25) is 5.02 Å². The molecule has 0 aliphatic carbocycles. The Morgan fingerprint density at radius 3 is 2.38 bits per heavy atom. The average molecular weight is 398 g/mol. The molecule has 2 aromatic carbocycles. The van der Waals surface area contributed by atoms with Gasteiger partial charge in [0.25, 0.3) is 15.7 Å². The molecule has 1 heterocycles. The van der Waals surface area contributed by atoms with E-state index in [1.807, 2.05) is 4.90 Å². The molecule has 0 bridgehead atoms. The second kappa shape index (κ2) is 7.48. The molecule has 1 N–H and O–H groups in total. The van der Waals surface area contributed by atoms with Gasteiger partial charge in [-0.05, 0) is 24.3 Å². The van der Waals surface area contributed by atoms with E-state index >= 15 is 0 Å². The minimum absolute atomic E-state index is 0.0731. The first kappa shape index (κ1) is 18.4. The van der Waals surface area contributed by atoms with Crippen molar-refractivity contribution in [3.05, 3.63) is 57.6 Å². The summed E-state index contributed by atoms with van der Waals surface area (Å²) in [7, 11) is -3.92. The van der Waals surface area contributed by atoms with Crippen LogP contribution >= 0.6 is 11.6 Å². The zero-order valence-electron chi connectivity index (χ0n) is 13.6. The van der Waals surface area contributed by atoms with Gasteiger partial charge in [-0.2, -0.15) is 0 Å². The Hall–Kier alpha value is -2.36. The number of para-hydroxylation sites is 1. The van der Waals surface area contributed by atoms with Crippen molar-refractivity contribution < 1.29 is 18.1 Å². The van der Waals surface area contributed by atoms with Crippen LogP contribution in [0, 0.1) is 10.1 Å². The molecule has 0 radical (unpaired) electrons. The van der Waals surface area contributed by atoms with E-state index < -0.39 is 14.9 Å². The van der Waals surface area contributed by atoms with Crippen LogP contribution in [0.3, 0.4) is 0 Å². The fourth-order valence-corrected chi connectivity index (χ4v) is 4.02. The summed E-state index contributed by atoms with van der Waals surface area (Å²) < 4.78 is 33.2. The maximum atomic E-state index is 12.7. The van der Waals surface area contributed by atoms with Gasteiger partial charge in [-0.1, -0.05) is 17.7 Å². The third-order valence-corrected chi connectivity index (χ3v) is 5.60. The van der Waals surface area contributed by atoms with E-state index in [-0.39, 0.29) is 10.6 Å². The highest BCUT2D eigenvalue weighted by Gasteiger charge is 2.22. The van der Waals surface area contributed by atoms with Crippen molar-refractivity contribution in [2.75, 3.05) is 35.9 Å². The van der Waals surface area contributed by atoms with Gasteiger partial charge in [0.1, 0.15) is 0 Å². The van der Waals surface area contributed by atoms with E-state index in [1.165, 1.54) is 12.1 Å². The number of nitrogens with one attached hydrogen (secondary N) is 1. The number of nitro groups is 1. The summed E-state index contributed by atoms with van der Waals surface area (Å²) in [5.74, 6) is 0. The quantitative estimate of drug-likeness (QED) is 0.614. The number of hydrogen-bond donors (Lipinski definition) is 1. The number of nitrogens with zero attached hydrogens (tertiary/aromatic N) is 2. The average Bonchev–Trinajstić information content (AvgIpc) is 2.62. The number of non-ortho nitro benzene ring substituents is 1. The number of sulfonamides is 1. The molecule has 1 aliphatic heterocycles. The number of rotatable bonds is 5. The molecule has 1 aliphatic rings. The Morgan fingerprint density at radius 2 is 1.77 bits per heavy atom. The van der Waals surface area contributed by atoms with Gasteiger partial charge in [0, 0.05) is 25.2 Å². The predicted molar refractivity (Wildman–Crippen MR) is 98.4 cm³/mol. The molecule has 3 rings (SSSR count). The fourth-order valence-electron chi connectivity index (χ4n) is 2.66. The number of ether oxygens (including phenoxy) is 1. The molecule has 0 spiro atoms. The Balaban J connectivity index is 1.92. The zero-order chi connectivity index (χ0) is 18.7. The van der Waals surface area contributed by atoms with E-state index in [1.54, 1.807) is 18.2 Å². The molecular formula is C16H16ClN3O5S. The molecule has 2 aromatic rings. The summed E-state index contributed by atoms with van der Waals surface area (Å²) >= 11 is 6.30. The third kappa shape index (κ3) is 3.90. The molecule has 0 unspecified atom stereocenters. The van der Waals surface area contributed by atoms with Crippen molar-refractivity contribution in [2.45, 2.75) is 4.90 Å². The van der Waals surface area contributed by atoms with Crippen molar-refractivity contribution in [1.82, 2.24) is 0 Å². The number of anilines is 2. The SMILES string of the molecule is O=[N+]([O-])c1ccc(S(=O)(=O)Nc2cccc(Cl)c2N2CCOCC2)cc1. The highest BCUT2D eigenvalue weighted by molar-refractivity contribution is 7.92. The third-order valence-electron chi connectivity index (χ3n) is 3.92. The summed E-state index contributed by atoms with van der Waals surface area (Å²) in [6.45, 7) is 2.24. The van der Waals surface area contributed by atoms with Crippen molar-refractivity contribution in [3.63, 3.8) is 0 Å². The van der Waals surface area contributed by atoms with Gasteiger partial charge in [0.05, 0.1) is 39.4 Å². The fraction of sp³-hybridized carbons (Fsp3) is 0.250. The Labute approximate surface area is 155 Å². The van der Waals surface area contributed by atoms with Gasteiger partial charge in [-0.3, -0.25) is 14.8 Å². The van der Waals surface area contributed by atoms with Crippen LogP contribution in [0.15, 0.2) is 47.4 Å². The van der Waals surface area contributed by atoms with Gasteiger partial charge in [0.2, 0.25) is 0 Å². The van der Waals surface area contributed by atoms with Gasteiger partial charge < -0.3 is 9.64 Å². The molecular weight excluding hydrogens is 382 g/mol. The second-order valence-corrected chi connectivity index (χ2v) is 7.68. The number of morpholine rings is 1. The smallest absolute Gasteiger partial charge is 0.269 e. The second-order valence-electron chi connectivity index (χ2n) is 5.59. The highest BCUT2D eigenvalue weighted by Crippen LogP contribution is 2.35. The first-order chi connectivity index (χ1) is 12.4. The van der Waals surface area contributed by atoms with Crippen molar-refractivity contribution in [3.8, 4) is 0 Å². The number of benzene rings is 2. The molecule has 10 heteroatoms. The van der Waals surface area contributed by atoms with Crippen LogP contribution in [0.25, 0.3) is 0 Å². The van der Waals surface area contributed by atoms with E-state index in [9.17, 15) is 18.5 Å². The lowest BCUT2D eigenvalue weighted by molar-refractivity contribution is -0.384. The van der Waals surface area contributed by atoms with Gasteiger partial charge >= 0.3 is 0 Å². The molecule has 1 fully saturated rings. The summed E-state index contributed by atoms with van der Waals surface area (Å²) in [6.07, 6.45) is 0. The monoisotopic (exact) mass is 397 g/mol. The van der Waals surface area contributed by atoms with Crippen LogP contribution in [0.1, 0.15) is 0 Å². The molecule has 138 valence electrons. The highest BCUT2D eigenvalue weighted by atomic mass is 35.5. The maximum Gasteiger partial charge on any atom is 0.269 e. The zero-order valence-corrected chi connectivity index (χ0v) is 15.2. The normalized spacial score (nSPS) is 14.9. The maximum absolute atomic E-state index is 12.7. The molecule has 8 nitrogen and oxygen atoms in total. The van der Waals surface area contributed by atoms with Crippen LogP contribution in [-0.2, 0) is 14.8 Å². The Morgan fingerprint density at radius 1 is 1.12 bits per heavy atom. The summed E-state index contributed by atoms with van der Waals surface area (Å²) in [5, 5.41) is 11.1. The van der Waals surface area contributed by atoms with E-state index in [0.717, 1.165) is 12.1 Å². The van der Waals surface area contributed by atoms with Crippen molar-refractivity contribution in [1.29, 1.82) is 0 Å². The standard InChI is InChI=1S/C16H16ClN3O5S/c17-14-2-1-3-15(16(14)19-8-10-25-11-9-19)18-26(23,24)13-6-4-12(5-7-13)20(21)22/h1-7,18H,8-11H2. The number of nitro benzene ring substituents is 1. The summed E-state index contributed by atoms with van der Waals surface area (Å²) in [5.41, 5.74) is 0.751. The van der Waals surface area contributed by atoms with Crippen molar-refractivity contribution >= 4 is 38.7 Å². The van der Waals surface area contributed by atoms with E-state index in [2.05, 4.69) is 4.72 Å². The summed E-state index contributed by atoms with van der Waals surface area (Å²) in [4.78, 5) is 12.0. The predicted octanol–water partition coefficient (Wildman–Crippen LogP) is 2.89. The minimum Gasteiger partial charge on any atom is -0.378 e. The van der Waals surface area contributed by atoms with Gasteiger partial charge in [0.15, 0.2) is 0 Å². The van der Waals surface area contributed by atoms with Gasteiger partial charge in [-0.15, -0.1) is 0 Å². The van der Waals surface area contributed by atoms with Crippen LogP contribution in [0.4, 0.5) is 17.1 Å². The van der Waals surface area contributed by atoms with Crippen LogP contribution in [0.5, 0.6) is 0 Å². The Bertz CT molecular complexity index is 912. The van der Waals surface area contributed by atoms with Crippen LogP contribution < -0.4 is 9.62 Å². The van der Waals surface area contributed by atoms with Gasteiger partial charge in [-0.25, -0.2) is 8.42 Å². The summed E-state index contributed by atoms with van der Waals surface area (Å²) in [6, 6.07) is 9.65. The lowest BCUT2D eigenvalue weighted by Crippen LogP contribution is -2.37. The molecule has 26 heavy (non-hydrogen) atoms. The Kier molecular flexibility index (Phi) is 5.30. The largest absolute Gasteiger partial charge is 0.378 e. The first-order valence-corrected chi connectivity index (χ1v) is 9.63. The number of hydrogen-bond acceptors (Lipinski definition) is 6. The molecule has 1 saturated heterocycles. The van der Waals surface area contributed by atoms with E-state index in [4.69, 9.17) is 16.3 Å². The molecule has 0 atom stereocenters. The lowest BCUT2D eigenvalue weighted by atomic mass is 10.2. The first-order valence-electron chi connectivity index (χ1n) is 7.77. The van der Waals surface area contributed by atoms with Crippen molar-refractivity contribution in [2.24, 2.45) is 0 Å². The molecule has 0 saturated carbocycles. The lowest BCUT2D eigenvalue weighted by Gasteiger charge is -2.31. The topological polar surface area (TPSA) is 102 Å². The molecule has 0 amide bonds. The van der Waals surface area contributed by atoms with E-state index in [0.29, 0.717) is 42.7 Å².